The van der Waals surface area contributed by atoms with E-state index in [1.54, 1.807) is 0 Å². The predicted molar refractivity (Wildman–Crippen MR) is 81.8 cm³/mol. The van der Waals surface area contributed by atoms with Crippen LogP contribution in [0.4, 0.5) is 0 Å². The maximum absolute atomic E-state index is 4.62. The molecule has 0 saturated carbocycles. The Labute approximate surface area is 123 Å². The third-order valence-electron chi connectivity index (χ3n) is 4.33. The molecular weight excluding hydrogens is 262 g/mol. The van der Waals surface area contributed by atoms with E-state index < -0.39 is 0 Å². The van der Waals surface area contributed by atoms with Gasteiger partial charge < -0.3 is 10.3 Å². The number of aromatic amines is 1. The Kier molecular flexibility index (Phi) is 3.00. The molecule has 0 saturated heterocycles. The monoisotopic (exact) mass is 281 g/mol. The Morgan fingerprint density at radius 1 is 1.38 bits per heavy atom. The van der Waals surface area contributed by atoms with E-state index in [4.69, 9.17) is 0 Å². The number of H-pyrrole nitrogens is 1. The van der Waals surface area contributed by atoms with Gasteiger partial charge in [-0.25, -0.2) is 4.98 Å². The maximum Gasteiger partial charge on any atom is 0.121 e. The molecule has 0 amide bonds. The van der Waals surface area contributed by atoms with Gasteiger partial charge in [0.15, 0.2) is 0 Å². The fourth-order valence-electron chi connectivity index (χ4n) is 3.23. The van der Waals surface area contributed by atoms with Gasteiger partial charge >= 0.3 is 0 Å². The summed E-state index contributed by atoms with van der Waals surface area (Å²) in [6, 6.07) is 8.53. The van der Waals surface area contributed by atoms with Crippen LogP contribution in [-0.2, 0) is 20.0 Å². The van der Waals surface area contributed by atoms with Crippen molar-refractivity contribution < 1.29 is 0 Å². The first-order chi connectivity index (χ1) is 10.3. The lowest BCUT2D eigenvalue weighted by molar-refractivity contribution is 0.447. The molecule has 1 aliphatic rings. The molecule has 2 N–H and O–H groups in total. The zero-order valence-electron chi connectivity index (χ0n) is 12.1. The summed E-state index contributed by atoms with van der Waals surface area (Å²) in [5.41, 5.74) is 4.84. The van der Waals surface area contributed by atoms with E-state index in [-0.39, 0.29) is 0 Å². The molecule has 1 aromatic carbocycles. The first-order valence-corrected chi connectivity index (χ1v) is 7.49. The van der Waals surface area contributed by atoms with Crippen LogP contribution in [0.3, 0.4) is 0 Å². The van der Waals surface area contributed by atoms with Crippen LogP contribution in [0.5, 0.6) is 0 Å². The first-order valence-electron chi connectivity index (χ1n) is 7.49. The van der Waals surface area contributed by atoms with Gasteiger partial charge in [0.1, 0.15) is 5.82 Å². The van der Waals surface area contributed by atoms with Gasteiger partial charge in [-0.1, -0.05) is 12.1 Å². The molecule has 21 heavy (non-hydrogen) atoms. The van der Waals surface area contributed by atoms with Crippen LogP contribution in [0.25, 0.3) is 11.0 Å². The number of rotatable bonds is 3. The Morgan fingerprint density at radius 2 is 2.29 bits per heavy atom. The molecule has 1 unspecified atom stereocenters. The third-order valence-corrected chi connectivity index (χ3v) is 4.33. The zero-order chi connectivity index (χ0) is 14.2. The van der Waals surface area contributed by atoms with E-state index >= 15 is 0 Å². The molecular formula is C16H19N5. The summed E-state index contributed by atoms with van der Waals surface area (Å²) in [7, 11) is 2.03. The van der Waals surface area contributed by atoms with Crippen LogP contribution < -0.4 is 5.32 Å². The molecule has 0 fully saturated rings. The number of benzene rings is 1. The number of aryl methyl sites for hydroxylation is 1. The van der Waals surface area contributed by atoms with E-state index in [1.165, 1.54) is 24.1 Å². The van der Waals surface area contributed by atoms with Crippen molar-refractivity contribution in [2.45, 2.75) is 31.8 Å². The van der Waals surface area contributed by atoms with Gasteiger partial charge in [0.25, 0.3) is 0 Å². The molecule has 108 valence electrons. The van der Waals surface area contributed by atoms with Crippen molar-refractivity contribution in [3.63, 3.8) is 0 Å². The van der Waals surface area contributed by atoms with Crippen LogP contribution in [0, 0.1) is 0 Å². The molecule has 4 rings (SSSR count). The van der Waals surface area contributed by atoms with Gasteiger partial charge in [-0.2, -0.15) is 5.10 Å². The van der Waals surface area contributed by atoms with Crippen LogP contribution in [0.2, 0.25) is 0 Å². The molecule has 0 bridgehead atoms. The number of hydrogen-bond acceptors (Lipinski definition) is 3. The van der Waals surface area contributed by atoms with Crippen molar-refractivity contribution >= 4 is 11.0 Å². The van der Waals surface area contributed by atoms with Crippen LogP contribution in [0.1, 0.15) is 36.0 Å². The molecule has 2 aromatic heterocycles. The van der Waals surface area contributed by atoms with Gasteiger partial charge in [0.05, 0.1) is 23.8 Å². The standard InChI is InChI=1S/C16H19N5/c1-21-15-8-4-7-12(11(15)9-18-21)17-10-16-19-13-5-2-3-6-14(13)20-16/h2-3,5-6,9,12,17H,4,7-8,10H2,1H3,(H,19,20). The highest BCUT2D eigenvalue weighted by molar-refractivity contribution is 5.74. The Hall–Kier alpha value is -2.14. The number of nitrogens with one attached hydrogen (secondary N) is 2. The fourth-order valence-corrected chi connectivity index (χ4v) is 3.23. The number of hydrogen-bond donors (Lipinski definition) is 2. The third kappa shape index (κ3) is 2.23. The summed E-state index contributed by atoms with van der Waals surface area (Å²) >= 11 is 0. The summed E-state index contributed by atoms with van der Waals surface area (Å²) in [5, 5.41) is 8.01. The highest BCUT2D eigenvalue weighted by Crippen LogP contribution is 2.29. The second-order valence-corrected chi connectivity index (χ2v) is 5.70. The van der Waals surface area contributed by atoms with Gasteiger partial charge in [-0.05, 0) is 31.4 Å². The van der Waals surface area contributed by atoms with E-state index in [1.807, 2.05) is 36.1 Å². The lowest BCUT2D eigenvalue weighted by Crippen LogP contribution is -2.25. The minimum Gasteiger partial charge on any atom is -0.341 e. The highest BCUT2D eigenvalue weighted by Gasteiger charge is 2.23. The topological polar surface area (TPSA) is 58.5 Å². The van der Waals surface area contributed by atoms with Gasteiger partial charge in [0, 0.05) is 24.3 Å². The highest BCUT2D eigenvalue weighted by atomic mass is 15.3. The molecule has 0 spiro atoms. The molecule has 5 nitrogen and oxygen atoms in total. The second kappa shape index (κ2) is 5.00. The van der Waals surface area contributed by atoms with E-state index in [0.717, 1.165) is 29.8 Å². The Morgan fingerprint density at radius 3 is 3.19 bits per heavy atom. The van der Waals surface area contributed by atoms with E-state index in [2.05, 4.69) is 26.4 Å². The average molecular weight is 281 g/mol. The van der Waals surface area contributed by atoms with Crippen molar-refractivity contribution in [3.8, 4) is 0 Å². The number of nitrogens with zero attached hydrogens (tertiary/aromatic N) is 3. The minimum absolute atomic E-state index is 0.385. The Balaban J connectivity index is 1.52. The van der Waals surface area contributed by atoms with Gasteiger partial charge in [-0.15, -0.1) is 0 Å². The summed E-state index contributed by atoms with van der Waals surface area (Å²) in [5.74, 6) is 0.993. The number of para-hydroxylation sites is 2. The van der Waals surface area contributed by atoms with Crippen molar-refractivity contribution in [1.82, 2.24) is 25.1 Å². The maximum atomic E-state index is 4.62. The lowest BCUT2D eigenvalue weighted by Gasteiger charge is -2.23. The first kappa shape index (κ1) is 12.6. The molecule has 2 heterocycles. The summed E-state index contributed by atoms with van der Waals surface area (Å²) in [6.45, 7) is 0.758. The van der Waals surface area contributed by atoms with Crippen LogP contribution >= 0.6 is 0 Å². The molecule has 1 aliphatic carbocycles. The second-order valence-electron chi connectivity index (χ2n) is 5.70. The van der Waals surface area contributed by atoms with Gasteiger partial charge in [-0.3, -0.25) is 4.68 Å². The number of imidazole rings is 1. The van der Waals surface area contributed by atoms with E-state index in [0.29, 0.717) is 6.04 Å². The van der Waals surface area contributed by atoms with Crippen molar-refractivity contribution in [3.05, 3.63) is 47.5 Å². The van der Waals surface area contributed by atoms with E-state index in [9.17, 15) is 0 Å². The SMILES string of the molecule is Cn1ncc2c1CCCC2NCc1nc2ccccc2[nH]1. The summed E-state index contributed by atoms with van der Waals surface area (Å²) in [6.07, 6.45) is 5.52. The lowest BCUT2D eigenvalue weighted by atomic mass is 9.93. The normalized spacial score (nSPS) is 18.0. The average Bonchev–Trinajstić information content (AvgIpc) is 3.09. The largest absolute Gasteiger partial charge is 0.341 e. The summed E-state index contributed by atoms with van der Waals surface area (Å²) in [4.78, 5) is 7.99. The Bertz CT molecular complexity index is 737. The molecule has 0 radical (unpaired) electrons. The van der Waals surface area contributed by atoms with Crippen LogP contribution in [-0.4, -0.2) is 19.7 Å². The van der Waals surface area contributed by atoms with Crippen LogP contribution in [0.15, 0.2) is 30.5 Å². The van der Waals surface area contributed by atoms with Crippen molar-refractivity contribution in [1.29, 1.82) is 0 Å². The molecule has 0 aliphatic heterocycles. The van der Waals surface area contributed by atoms with Crippen molar-refractivity contribution in [2.75, 3.05) is 0 Å². The number of fused-ring (bicyclic) bond motifs is 2. The zero-order valence-corrected chi connectivity index (χ0v) is 12.1. The number of aromatic nitrogens is 4. The predicted octanol–water partition coefficient (Wildman–Crippen LogP) is 2.46. The molecule has 3 aromatic rings. The molecule has 1 atom stereocenters. The van der Waals surface area contributed by atoms with Gasteiger partial charge in [0.2, 0.25) is 0 Å². The fraction of sp³-hybridized carbons (Fsp3) is 0.375. The summed E-state index contributed by atoms with van der Waals surface area (Å²) < 4.78 is 2.00. The van der Waals surface area contributed by atoms with Crippen molar-refractivity contribution in [2.24, 2.45) is 7.05 Å². The smallest absolute Gasteiger partial charge is 0.121 e. The molecule has 5 heteroatoms. The minimum atomic E-state index is 0.385. The quantitative estimate of drug-likeness (QED) is 0.775.